The molecule has 6 heteroatoms. The second-order valence-electron chi connectivity index (χ2n) is 4.78. The van der Waals surface area contributed by atoms with Crippen LogP contribution in [-0.2, 0) is 13.1 Å². The summed E-state index contributed by atoms with van der Waals surface area (Å²) < 4.78 is 0. The van der Waals surface area contributed by atoms with Crippen molar-refractivity contribution in [2.45, 2.75) is 13.1 Å². The van der Waals surface area contributed by atoms with E-state index in [0.29, 0.717) is 18.7 Å². The van der Waals surface area contributed by atoms with E-state index in [0.717, 1.165) is 17.4 Å². The van der Waals surface area contributed by atoms with Crippen molar-refractivity contribution in [3.05, 3.63) is 28.8 Å². The summed E-state index contributed by atoms with van der Waals surface area (Å²) in [5.41, 5.74) is 2.18. The van der Waals surface area contributed by atoms with Gasteiger partial charge in [-0.15, -0.1) is 24.8 Å². The van der Waals surface area contributed by atoms with E-state index in [1.165, 1.54) is 0 Å². The molecule has 0 unspecified atom stereocenters. The lowest BCUT2D eigenvalue weighted by Crippen LogP contribution is -2.14. The number of hydrogen-bond acceptors (Lipinski definition) is 4. The highest BCUT2D eigenvalue weighted by Crippen LogP contribution is 2.26. The lowest BCUT2D eigenvalue weighted by Gasteiger charge is -2.17. The zero-order valence-electron chi connectivity index (χ0n) is 11.7. The molecule has 1 N–H and O–H groups in total. The average Bonchev–Trinajstić information content (AvgIpc) is 2.22. The maximum Gasteiger partial charge on any atom is 0.150 e. The number of rotatable bonds is 5. The Morgan fingerprint density at radius 2 is 1.37 bits per heavy atom. The molecule has 0 fully saturated rings. The summed E-state index contributed by atoms with van der Waals surface area (Å²) >= 11 is 0. The molecule has 0 spiro atoms. The summed E-state index contributed by atoms with van der Waals surface area (Å²) in [6, 6.07) is 3.48. The normalized spacial score (nSPS) is 10.0. The molecule has 1 aromatic carbocycles. The molecular formula is C13H22Cl2N2O2. The molecule has 0 aliphatic heterocycles. The fourth-order valence-electron chi connectivity index (χ4n) is 1.78. The van der Waals surface area contributed by atoms with Gasteiger partial charge in [0.2, 0.25) is 0 Å². The Morgan fingerprint density at radius 3 is 1.63 bits per heavy atom. The first-order valence-electron chi connectivity index (χ1n) is 5.53. The van der Waals surface area contributed by atoms with Crippen molar-refractivity contribution in [3.8, 4) is 5.75 Å². The molecule has 0 heterocycles. The molecule has 0 aromatic heterocycles. The van der Waals surface area contributed by atoms with Crippen LogP contribution in [-0.4, -0.2) is 49.4 Å². The summed E-state index contributed by atoms with van der Waals surface area (Å²) in [6.45, 7) is 1.24. The van der Waals surface area contributed by atoms with E-state index in [1.54, 1.807) is 12.1 Å². The minimum absolute atomic E-state index is 0. The van der Waals surface area contributed by atoms with Gasteiger partial charge < -0.3 is 14.9 Å². The van der Waals surface area contributed by atoms with Crippen molar-refractivity contribution in [3.63, 3.8) is 0 Å². The van der Waals surface area contributed by atoms with Crippen LogP contribution in [0.25, 0.3) is 0 Å². The van der Waals surface area contributed by atoms with E-state index in [4.69, 9.17) is 0 Å². The van der Waals surface area contributed by atoms with Crippen LogP contribution in [0.5, 0.6) is 5.75 Å². The summed E-state index contributed by atoms with van der Waals surface area (Å²) in [5.74, 6) is 0.290. The maximum atomic E-state index is 10.9. The minimum atomic E-state index is 0. The van der Waals surface area contributed by atoms with E-state index in [-0.39, 0.29) is 30.6 Å². The van der Waals surface area contributed by atoms with E-state index >= 15 is 0 Å². The van der Waals surface area contributed by atoms with Gasteiger partial charge in [-0.25, -0.2) is 0 Å². The minimum Gasteiger partial charge on any atom is -0.507 e. The molecule has 0 atom stereocenters. The van der Waals surface area contributed by atoms with Crippen LogP contribution in [0.1, 0.15) is 21.5 Å². The van der Waals surface area contributed by atoms with Crippen LogP contribution < -0.4 is 0 Å². The molecule has 0 aliphatic carbocycles. The van der Waals surface area contributed by atoms with Crippen LogP contribution in [0.2, 0.25) is 0 Å². The number of halogens is 2. The first-order valence-corrected chi connectivity index (χ1v) is 5.53. The molecule has 1 aromatic rings. The second-order valence-corrected chi connectivity index (χ2v) is 4.78. The van der Waals surface area contributed by atoms with Gasteiger partial charge in [0.1, 0.15) is 12.0 Å². The number of phenols is 1. The van der Waals surface area contributed by atoms with Gasteiger partial charge in [-0.3, -0.25) is 4.79 Å². The van der Waals surface area contributed by atoms with Gasteiger partial charge in [-0.05, 0) is 40.3 Å². The second kappa shape index (κ2) is 9.15. The average molecular weight is 309 g/mol. The Bertz CT molecular complexity index is 379. The molecular weight excluding hydrogens is 287 g/mol. The Hall–Kier alpha value is -0.810. The number of nitrogens with zero attached hydrogens (tertiary/aromatic N) is 2. The van der Waals surface area contributed by atoms with E-state index in [9.17, 15) is 9.90 Å². The van der Waals surface area contributed by atoms with E-state index in [1.807, 2.05) is 38.0 Å². The van der Waals surface area contributed by atoms with E-state index in [2.05, 4.69) is 0 Å². The molecule has 0 radical (unpaired) electrons. The van der Waals surface area contributed by atoms with Gasteiger partial charge >= 0.3 is 0 Å². The van der Waals surface area contributed by atoms with Crippen molar-refractivity contribution in [2.75, 3.05) is 28.2 Å². The summed E-state index contributed by atoms with van der Waals surface area (Å²) in [7, 11) is 7.72. The van der Waals surface area contributed by atoms with Crippen molar-refractivity contribution >= 4 is 31.1 Å². The fourth-order valence-corrected chi connectivity index (χ4v) is 1.78. The Kier molecular flexibility index (Phi) is 9.88. The highest BCUT2D eigenvalue weighted by molar-refractivity contribution is 5.85. The van der Waals surface area contributed by atoms with Crippen LogP contribution in [0.4, 0.5) is 0 Å². The lowest BCUT2D eigenvalue weighted by molar-refractivity contribution is 0.112. The quantitative estimate of drug-likeness (QED) is 0.847. The maximum absolute atomic E-state index is 10.9. The number of carbonyl (C=O) groups excluding carboxylic acids is 1. The first kappa shape index (κ1) is 20.5. The molecule has 19 heavy (non-hydrogen) atoms. The Balaban J connectivity index is 0. The summed E-state index contributed by atoms with van der Waals surface area (Å²) in [6.07, 6.45) is 0.817. The number of carbonyl (C=O) groups is 1. The predicted molar refractivity (Wildman–Crippen MR) is 82.8 cm³/mol. The molecule has 0 amide bonds. The topological polar surface area (TPSA) is 43.8 Å². The molecule has 4 nitrogen and oxygen atoms in total. The number of hydrogen-bond donors (Lipinski definition) is 1. The first-order chi connectivity index (χ1) is 7.93. The van der Waals surface area contributed by atoms with E-state index < -0.39 is 0 Å². The standard InChI is InChI=1S/C13H20N2O2.2ClH/c1-14(2)7-11-5-10(9-16)6-12(13(11)17)8-15(3)4;;/h5-6,9,17H,7-8H2,1-4H3;2*1H. The molecule has 0 saturated carbocycles. The number of benzene rings is 1. The van der Waals surface area contributed by atoms with Gasteiger partial charge in [0, 0.05) is 29.8 Å². The molecule has 1 rings (SSSR count). The summed E-state index contributed by atoms with van der Waals surface area (Å²) in [5, 5.41) is 10.1. The highest BCUT2D eigenvalue weighted by atomic mass is 35.5. The number of aldehydes is 1. The Labute approximate surface area is 127 Å². The smallest absolute Gasteiger partial charge is 0.150 e. The van der Waals surface area contributed by atoms with Crippen molar-refractivity contribution in [1.82, 2.24) is 9.80 Å². The van der Waals surface area contributed by atoms with Crippen LogP contribution in [0, 0.1) is 0 Å². The van der Waals surface area contributed by atoms with Gasteiger partial charge in [0.25, 0.3) is 0 Å². The van der Waals surface area contributed by atoms with Crippen molar-refractivity contribution in [2.24, 2.45) is 0 Å². The lowest BCUT2D eigenvalue weighted by atomic mass is 10.0. The van der Waals surface area contributed by atoms with Gasteiger partial charge in [-0.1, -0.05) is 0 Å². The van der Waals surface area contributed by atoms with Gasteiger partial charge in [0.15, 0.2) is 0 Å². The van der Waals surface area contributed by atoms with Crippen LogP contribution in [0.3, 0.4) is 0 Å². The van der Waals surface area contributed by atoms with Crippen LogP contribution >= 0.6 is 24.8 Å². The third kappa shape index (κ3) is 6.25. The van der Waals surface area contributed by atoms with Gasteiger partial charge in [-0.2, -0.15) is 0 Å². The van der Waals surface area contributed by atoms with Crippen molar-refractivity contribution < 1.29 is 9.90 Å². The summed E-state index contributed by atoms with van der Waals surface area (Å²) in [4.78, 5) is 14.8. The zero-order valence-corrected chi connectivity index (χ0v) is 13.3. The monoisotopic (exact) mass is 308 g/mol. The largest absolute Gasteiger partial charge is 0.507 e. The molecule has 0 bridgehead atoms. The fraction of sp³-hybridized carbons (Fsp3) is 0.462. The number of aromatic hydroxyl groups is 1. The molecule has 0 saturated heterocycles. The SMILES string of the molecule is CN(C)Cc1cc(C=O)cc(CN(C)C)c1O.Cl.Cl. The predicted octanol–water partition coefficient (Wildman–Crippen LogP) is 2.17. The zero-order chi connectivity index (χ0) is 13.0. The Morgan fingerprint density at radius 1 is 1.00 bits per heavy atom. The molecule has 0 aliphatic rings. The molecule has 110 valence electrons. The van der Waals surface area contributed by atoms with Crippen molar-refractivity contribution in [1.29, 1.82) is 0 Å². The third-order valence-corrected chi connectivity index (χ3v) is 2.40. The highest BCUT2D eigenvalue weighted by Gasteiger charge is 2.11. The third-order valence-electron chi connectivity index (χ3n) is 2.40. The van der Waals surface area contributed by atoms with Gasteiger partial charge in [0.05, 0.1) is 0 Å². The number of phenolic OH excluding ortho intramolecular Hbond substituents is 1. The van der Waals surface area contributed by atoms with Crippen LogP contribution in [0.15, 0.2) is 12.1 Å².